The van der Waals surface area contributed by atoms with Gasteiger partial charge in [0.1, 0.15) is 27.9 Å². The first kappa shape index (κ1) is 17.1. The number of fused-ring (bicyclic) bond motifs is 1. The molecule has 6 nitrogen and oxygen atoms in total. The zero-order valence-electron chi connectivity index (χ0n) is 14.2. The van der Waals surface area contributed by atoms with Gasteiger partial charge >= 0.3 is 5.97 Å². The second-order valence-corrected chi connectivity index (χ2v) is 6.07. The van der Waals surface area contributed by atoms with Crippen LogP contribution in [0.2, 0.25) is 5.15 Å². The second-order valence-electron chi connectivity index (χ2n) is 5.69. The molecule has 2 aromatic carbocycles. The summed E-state index contributed by atoms with van der Waals surface area (Å²) in [6.45, 7) is 1.36. The SMILES string of the molecule is CC(=O)Oc1ccc(-c2nc3ccc(Oc4ccc(Cl)nc4)cc3o2)cc1. The Morgan fingerprint density at radius 2 is 1.74 bits per heavy atom. The van der Waals surface area contributed by atoms with E-state index in [1.165, 1.54) is 6.92 Å². The summed E-state index contributed by atoms with van der Waals surface area (Å²) in [4.78, 5) is 19.4. The standard InChI is InChI=1S/C20H13ClN2O4/c1-12(24)25-14-4-2-13(3-5-14)20-23-17-8-6-15(10-18(17)27-20)26-16-7-9-19(21)22-11-16/h2-11H,1H3. The molecule has 0 fully saturated rings. The van der Waals surface area contributed by atoms with Crippen LogP contribution in [0.5, 0.6) is 17.2 Å². The molecule has 0 atom stereocenters. The van der Waals surface area contributed by atoms with Crippen LogP contribution in [0.1, 0.15) is 6.92 Å². The van der Waals surface area contributed by atoms with Crippen molar-refractivity contribution in [3.8, 4) is 28.7 Å². The number of pyridine rings is 1. The van der Waals surface area contributed by atoms with Crippen molar-refractivity contribution in [3.63, 3.8) is 0 Å². The number of benzene rings is 2. The third kappa shape index (κ3) is 3.91. The fraction of sp³-hybridized carbons (Fsp3) is 0.0500. The largest absolute Gasteiger partial charge is 0.456 e. The predicted molar refractivity (Wildman–Crippen MR) is 100 cm³/mol. The molecule has 0 saturated heterocycles. The molecule has 134 valence electrons. The maximum absolute atomic E-state index is 11.0. The summed E-state index contributed by atoms with van der Waals surface area (Å²) in [5.41, 5.74) is 2.07. The van der Waals surface area contributed by atoms with Gasteiger partial charge in [0.15, 0.2) is 5.58 Å². The van der Waals surface area contributed by atoms with Gasteiger partial charge in [-0.1, -0.05) is 11.6 Å². The zero-order valence-corrected chi connectivity index (χ0v) is 14.9. The Morgan fingerprint density at radius 3 is 2.44 bits per heavy atom. The van der Waals surface area contributed by atoms with Gasteiger partial charge in [0.05, 0.1) is 6.20 Å². The minimum Gasteiger partial charge on any atom is -0.456 e. The van der Waals surface area contributed by atoms with E-state index in [0.29, 0.717) is 39.4 Å². The van der Waals surface area contributed by atoms with Gasteiger partial charge in [-0.15, -0.1) is 0 Å². The van der Waals surface area contributed by atoms with Gasteiger partial charge < -0.3 is 13.9 Å². The summed E-state index contributed by atoms with van der Waals surface area (Å²) in [7, 11) is 0. The Balaban J connectivity index is 1.58. The van der Waals surface area contributed by atoms with E-state index >= 15 is 0 Å². The number of carbonyl (C=O) groups is 1. The lowest BCUT2D eigenvalue weighted by atomic mass is 10.2. The van der Waals surface area contributed by atoms with Crippen molar-refractivity contribution in [3.05, 3.63) is 65.9 Å². The molecule has 2 aromatic heterocycles. The summed E-state index contributed by atoms with van der Waals surface area (Å²) < 4.78 is 16.6. The fourth-order valence-electron chi connectivity index (χ4n) is 2.48. The second kappa shape index (κ2) is 7.09. The van der Waals surface area contributed by atoms with E-state index in [4.69, 9.17) is 25.5 Å². The summed E-state index contributed by atoms with van der Waals surface area (Å²) in [5, 5.41) is 0.400. The first-order valence-corrected chi connectivity index (χ1v) is 8.43. The minimum absolute atomic E-state index is 0.368. The molecule has 0 amide bonds. The highest BCUT2D eigenvalue weighted by atomic mass is 35.5. The molecule has 0 aliphatic carbocycles. The van der Waals surface area contributed by atoms with Gasteiger partial charge in [0.25, 0.3) is 0 Å². The molecule has 0 spiro atoms. The quantitative estimate of drug-likeness (QED) is 0.273. The Labute approximate surface area is 159 Å². The van der Waals surface area contributed by atoms with Crippen LogP contribution in [0.15, 0.2) is 65.2 Å². The van der Waals surface area contributed by atoms with Crippen LogP contribution >= 0.6 is 11.6 Å². The molecule has 0 N–H and O–H groups in total. The topological polar surface area (TPSA) is 74.5 Å². The highest BCUT2D eigenvalue weighted by molar-refractivity contribution is 6.29. The number of esters is 1. The number of oxazole rings is 1. The van der Waals surface area contributed by atoms with Crippen LogP contribution in [-0.2, 0) is 4.79 Å². The molecule has 0 aliphatic heterocycles. The maximum atomic E-state index is 11.0. The molecule has 27 heavy (non-hydrogen) atoms. The molecular formula is C20H13ClN2O4. The monoisotopic (exact) mass is 380 g/mol. The number of hydrogen-bond acceptors (Lipinski definition) is 6. The Kier molecular flexibility index (Phi) is 4.48. The van der Waals surface area contributed by atoms with E-state index in [1.54, 1.807) is 54.7 Å². The molecule has 0 aliphatic rings. The van der Waals surface area contributed by atoms with Gasteiger partial charge in [-0.3, -0.25) is 4.79 Å². The van der Waals surface area contributed by atoms with Gasteiger partial charge in [0.2, 0.25) is 5.89 Å². The first-order valence-electron chi connectivity index (χ1n) is 8.06. The van der Waals surface area contributed by atoms with E-state index in [-0.39, 0.29) is 5.97 Å². The van der Waals surface area contributed by atoms with Crippen molar-refractivity contribution in [2.75, 3.05) is 0 Å². The number of nitrogens with zero attached hydrogens (tertiary/aromatic N) is 2. The summed E-state index contributed by atoms with van der Waals surface area (Å²) >= 11 is 5.77. The maximum Gasteiger partial charge on any atom is 0.308 e. The van der Waals surface area contributed by atoms with Gasteiger partial charge in [0, 0.05) is 18.6 Å². The van der Waals surface area contributed by atoms with Crippen molar-refractivity contribution in [1.29, 1.82) is 0 Å². The van der Waals surface area contributed by atoms with Gasteiger partial charge in [-0.05, 0) is 48.5 Å². The molecule has 0 bridgehead atoms. The number of aromatic nitrogens is 2. The molecule has 0 unspecified atom stereocenters. The van der Waals surface area contributed by atoms with Crippen molar-refractivity contribution < 1.29 is 18.7 Å². The first-order chi connectivity index (χ1) is 13.1. The van der Waals surface area contributed by atoms with E-state index in [0.717, 1.165) is 5.56 Å². The zero-order chi connectivity index (χ0) is 18.8. The summed E-state index contributed by atoms with van der Waals surface area (Å²) in [6.07, 6.45) is 1.54. The third-order valence-electron chi connectivity index (χ3n) is 3.66. The fourth-order valence-corrected chi connectivity index (χ4v) is 2.59. The number of ether oxygens (including phenoxy) is 2. The summed E-state index contributed by atoms with van der Waals surface area (Å²) in [5.74, 6) is 1.73. The number of hydrogen-bond donors (Lipinski definition) is 0. The van der Waals surface area contributed by atoms with Gasteiger partial charge in [-0.25, -0.2) is 9.97 Å². The smallest absolute Gasteiger partial charge is 0.308 e. The predicted octanol–water partition coefficient (Wildman–Crippen LogP) is 5.26. The van der Waals surface area contributed by atoms with Crippen LogP contribution in [0, 0.1) is 0 Å². The van der Waals surface area contributed by atoms with E-state index in [9.17, 15) is 4.79 Å². The molecule has 4 rings (SSSR count). The molecular weight excluding hydrogens is 368 g/mol. The van der Waals surface area contributed by atoms with E-state index < -0.39 is 0 Å². The van der Waals surface area contributed by atoms with Crippen LogP contribution in [0.4, 0.5) is 0 Å². The number of rotatable bonds is 4. The van der Waals surface area contributed by atoms with Crippen LogP contribution < -0.4 is 9.47 Å². The summed E-state index contributed by atoms with van der Waals surface area (Å²) in [6, 6.07) is 15.7. The minimum atomic E-state index is -0.368. The van der Waals surface area contributed by atoms with Crippen molar-refractivity contribution >= 4 is 28.7 Å². The van der Waals surface area contributed by atoms with Crippen molar-refractivity contribution in [2.24, 2.45) is 0 Å². The van der Waals surface area contributed by atoms with Crippen LogP contribution in [0.25, 0.3) is 22.6 Å². The molecule has 0 radical (unpaired) electrons. The lowest BCUT2D eigenvalue weighted by Crippen LogP contribution is -2.00. The van der Waals surface area contributed by atoms with Crippen molar-refractivity contribution in [2.45, 2.75) is 6.92 Å². The third-order valence-corrected chi connectivity index (χ3v) is 3.88. The average Bonchev–Trinajstić information content (AvgIpc) is 3.07. The molecule has 0 saturated carbocycles. The normalized spacial score (nSPS) is 10.7. The van der Waals surface area contributed by atoms with E-state index in [2.05, 4.69) is 9.97 Å². The molecule has 7 heteroatoms. The number of halogens is 1. The molecule has 2 heterocycles. The highest BCUT2D eigenvalue weighted by Gasteiger charge is 2.10. The van der Waals surface area contributed by atoms with Gasteiger partial charge in [-0.2, -0.15) is 0 Å². The lowest BCUT2D eigenvalue weighted by molar-refractivity contribution is -0.131. The van der Waals surface area contributed by atoms with Crippen LogP contribution in [-0.4, -0.2) is 15.9 Å². The highest BCUT2D eigenvalue weighted by Crippen LogP contribution is 2.30. The number of carbonyl (C=O) groups excluding carboxylic acids is 1. The van der Waals surface area contributed by atoms with Crippen molar-refractivity contribution in [1.82, 2.24) is 9.97 Å². The Morgan fingerprint density at radius 1 is 1.00 bits per heavy atom. The Hall–Kier alpha value is -3.38. The van der Waals surface area contributed by atoms with Crippen LogP contribution in [0.3, 0.4) is 0 Å². The lowest BCUT2D eigenvalue weighted by Gasteiger charge is -2.04. The molecule has 4 aromatic rings. The van der Waals surface area contributed by atoms with E-state index in [1.807, 2.05) is 6.07 Å². The average molecular weight is 381 g/mol. The Bertz CT molecular complexity index is 1110.